The molecule has 0 unspecified atom stereocenters. The minimum atomic E-state index is -0.113. The van der Waals surface area contributed by atoms with Crippen molar-refractivity contribution in [2.75, 3.05) is 11.9 Å². The van der Waals surface area contributed by atoms with Gasteiger partial charge in [-0.1, -0.05) is 11.6 Å². The Bertz CT molecular complexity index is 1030. The van der Waals surface area contributed by atoms with Gasteiger partial charge >= 0.3 is 0 Å². The highest BCUT2D eigenvalue weighted by atomic mass is 35.5. The minimum Gasteiger partial charge on any atom is -0.329 e. The van der Waals surface area contributed by atoms with Crippen LogP contribution in [0.1, 0.15) is 23.1 Å². The number of anilines is 1. The molecule has 2 amide bonds. The van der Waals surface area contributed by atoms with E-state index in [4.69, 9.17) is 11.6 Å². The van der Waals surface area contributed by atoms with Gasteiger partial charge in [0.05, 0.1) is 6.54 Å². The molecule has 0 radical (unpaired) electrons. The van der Waals surface area contributed by atoms with E-state index in [1.807, 2.05) is 28.8 Å². The number of benzene rings is 2. The van der Waals surface area contributed by atoms with E-state index < -0.39 is 0 Å². The normalized spacial score (nSPS) is 13.1. The summed E-state index contributed by atoms with van der Waals surface area (Å²) in [7, 11) is 0. The predicted molar refractivity (Wildman–Crippen MR) is 106 cm³/mol. The van der Waals surface area contributed by atoms with Gasteiger partial charge in [0.15, 0.2) is 11.6 Å². The van der Waals surface area contributed by atoms with Crippen LogP contribution in [0.2, 0.25) is 5.02 Å². The highest BCUT2D eigenvalue weighted by Gasteiger charge is 2.25. The van der Waals surface area contributed by atoms with Crippen molar-refractivity contribution < 1.29 is 9.59 Å². The lowest BCUT2D eigenvalue weighted by atomic mass is 10.1. The third-order valence-corrected chi connectivity index (χ3v) is 4.85. The van der Waals surface area contributed by atoms with Crippen LogP contribution < -0.4 is 5.32 Å². The first-order chi connectivity index (χ1) is 13.5. The Kier molecular flexibility index (Phi) is 4.83. The number of carbonyl (C=O) groups is 2. The average molecular weight is 396 g/mol. The molecule has 2 heterocycles. The number of hydrogen-bond acceptors (Lipinski definition) is 4. The van der Waals surface area contributed by atoms with Crippen LogP contribution in [0.5, 0.6) is 0 Å². The highest BCUT2D eigenvalue weighted by Crippen LogP contribution is 2.24. The molecule has 0 atom stereocenters. The summed E-state index contributed by atoms with van der Waals surface area (Å²) in [6.07, 6.45) is 0. The van der Waals surface area contributed by atoms with Gasteiger partial charge in [0.1, 0.15) is 0 Å². The number of hydrogen-bond donors (Lipinski definition) is 1. The molecular weight excluding hydrogens is 378 g/mol. The Morgan fingerprint density at radius 1 is 1.00 bits per heavy atom. The summed E-state index contributed by atoms with van der Waals surface area (Å²) in [4.78, 5) is 25.6. The van der Waals surface area contributed by atoms with Gasteiger partial charge in [0, 0.05) is 41.9 Å². The number of aromatic nitrogens is 3. The smallest absolute Gasteiger partial charge is 0.254 e. The van der Waals surface area contributed by atoms with E-state index in [1.54, 1.807) is 29.2 Å². The molecule has 8 heteroatoms. The van der Waals surface area contributed by atoms with Crippen LogP contribution in [-0.2, 0) is 17.9 Å². The maximum atomic E-state index is 12.7. The predicted octanol–water partition coefficient (Wildman–Crippen LogP) is 3.21. The summed E-state index contributed by atoms with van der Waals surface area (Å²) in [5, 5.41) is 11.9. The number of halogens is 1. The lowest BCUT2D eigenvalue weighted by Crippen LogP contribution is -2.38. The molecule has 4 rings (SSSR count). The second-order valence-electron chi connectivity index (χ2n) is 6.58. The van der Waals surface area contributed by atoms with Gasteiger partial charge < -0.3 is 14.8 Å². The maximum Gasteiger partial charge on any atom is 0.254 e. The zero-order valence-corrected chi connectivity index (χ0v) is 16.0. The van der Waals surface area contributed by atoms with Gasteiger partial charge in [-0.15, -0.1) is 10.2 Å². The van der Waals surface area contributed by atoms with Crippen LogP contribution in [0, 0.1) is 0 Å². The fourth-order valence-electron chi connectivity index (χ4n) is 3.23. The molecule has 7 nitrogen and oxygen atoms in total. The molecular formula is C20H18ClN5O2. The molecule has 28 heavy (non-hydrogen) atoms. The molecule has 1 N–H and O–H groups in total. The zero-order chi connectivity index (χ0) is 19.7. The van der Waals surface area contributed by atoms with E-state index in [9.17, 15) is 9.59 Å². The first-order valence-corrected chi connectivity index (χ1v) is 9.24. The van der Waals surface area contributed by atoms with Gasteiger partial charge in [-0.05, 0) is 48.5 Å². The molecule has 2 aromatic carbocycles. The van der Waals surface area contributed by atoms with Crippen molar-refractivity contribution in [3.63, 3.8) is 0 Å². The molecule has 142 valence electrons. The topological polar surface area (TPSA) is 80.1 Å². The number of nitrogens with zero attached hydrogens (tertiary/aromatic N) is 4. The van der Waals surface area contributed by atoms with Gasteiger partial charge in [-0.25, -0.2) is 0 Å². The lowest BCUT2D eigenvalue weighted by molar-refractivity contribution is -0.114. The Morgan fingerprint density at radius 2 is 1.71 bits per heavy atom. The first kappa shape index (κ1) is 18.2. The molecule has 1 aliphatic heterocycles. The minimum absolute atomic E-state index is 0.0490. The molecule has 0 fully saturated rings. The monoisotopic (exact) mass is 395 g/mol. The second kappa shape index (κ2) is 7.44. The molecule has 0 spiro atoms. The van der Waals surface area contributed by atoms with Crippen LogP contribution in [0.15, 0.2) is 48.5 Å². The molecule has 0 aliphatic carbocycles. The van der Waals surface area contributed by atoms with Crippen molar-refractivity contribution in [3.05, 3.63) is 64.9 Å². The third kappa shape index (κ3) is 3.61. The molecule has 1 aromatic heterocycles. The van der Waals surface area contributed by atoms with Gasteiger partial charge in [0.2, 0.25) is 5.91 Å². The summed E-state index contributed by atoms with van der Waals surface area (Å²) in [5.74, 6) is 1.34. The van der Waals surface area contributed by atoms with Gasteiger partial charge in [-0.2, -0.15) is 0 Å². The Hall–Kier alpha value is -3.19. The van der Waals surface area contributed by atoms with Crippen LogP contribution >= 0.6 is 11.6 Å². The Labute approximate surface area is 166 Å². The number of rotatable bonds is 3. The molecule has 0 saturated carbocycles. The number of carbonyl (C=O) groups excluding carboxylic acids is 2. The second-order valence-corrected chi connectivity index (χ2v) is 7.02. The third-order valence-electron chi connectivity index (χ3n) is 4.60. The summed E-state index contributed by atoms with van der Waals surface area (Å²) in [6.45, 7) is 3.06. The molecule has 3 aromatic rings. The Morgan fingerprint density at radius 3 is 2.39 bits per heavy atom. The summed E-state index contributed by atoms with van der Waals surface area (Å²) in [6, 6.07) is 14.3. The quantitative estimate of drug-likeness (QED) is 0.738. The number of fused-ring (bicyclic) bond motifs is 1. The highest BCUT2D eigenvalue weighted by molar-refractivity contribution is 6.30. The van der Waals surface area contributed by atoms with Crippen molar-refractivity contribution >= 4 is 29.1 Å². The van der Waals surface area contributed by atoms with Crippen LogP contribution in [-0.4, -0.2) is 38.0 Å². The van der Waals surface area contributed by atoms with E-state index in [1.165, 1.54) is 6.92 Å². The summed E-state index contributed by atoms with van der Waals surface area (Å²) < 4.78 is 2.03. The zero-order valence-electron chi connectivity index (χ0n) is 15.2. The first-order valence-electron chi connectivity index (χ1n) is 8.86. The van der Waals surface area contributed by atoms with Crippen molar-refractivity contribution in [1.82, 2.24) is 19.7 Å². The fraction of sp³-hybridized carbons (Fsp3) is 0.200. The number of amides is 2. The van der Waals surface area contributed by atoms with E-state index in [2.05, 4.69) is 15.5 Å². The summed E-state index contributed by atoms with van der Waals surface area (Å²) >= 11 is 5.90. The van der Waals surface area contributed by atoms with E-state index in [0.29, 0.717) is 30.2 Å². The van der Waals surface area contributed by atoms with E-state index in [0.717, 1.165) is 22.9 Å². The SMILES string of the molecule is CC(=O)Nc1ccc(-c2nnc3n2CCN(C(=O)c2ccc(Cl)cc2)C3)cc1. The van der Waals surface area contributed by atoms with Crippen molar-refractivity contribution in [2.45, 2.75) is 20.0 Å². The van der Waals surface area contributed by atoms with Crippen LogP contribution in [0.25, 0.3) is 11.4 Å². The van der Waals surface area contributed by atoms with Crippen LogP contribution in [0.4, 0.5) is 5.69 Å². The standard InChI is InChI=1S/C20H18ClN5O2/c1-13(27)22-17-8-4-14(5-9-17)19-24-23-18-12-25(10-11-26(18)19)20(28)15-2-6-16(21)7-3-15/h2-9H,10-12H2,1H3,(H,22,27). The van der Waals surface area contributed by atoms with Gasteiger partial charge in [0.25, 0.3) is 5.91 Å². The number of nitrogens with one attached hydrogen (secondary N) is 1. The maximum absolute atomic E-state index is 12.7. The van der Waals surface area contributed by atoms with Crippen molar-refractivity contribution in [2.24, 2.45) is 0 Å². The van der Waals surface area contributed by atoms with Gasteiger partial charge in [-0.3, -0.25) is 9.59 Å². The van der Waals surface area contributed by atoms with Crippen LogP contribution in [0.3, 0.4) is 0 Å². The molecule has 0 bridgehead atoms. The van der Waals surface area contributed by atoms with E-state index >= 15 is 0 Å². The molecule has 1 aliphatic rings. The van der Waals surface area contributed by atoms with E-state index in [-0.39, 0.29) is 11.8 Å². The fourth-order valence-corrected chi connectivity index (χ4v) is 3.35. The van der Waals surface area contributed by atoms with Crippen molar-refractivity contribution in [3.8, 4) is 11.4 Å². The largest absolute Gasteiger partial charge is 0.329 e. The van der Waals surface area contributed by atoms with Crippen molar-refractivity contribution in [1.29, 1.82) is 0 Å². The molecule has 0 saturated heterocycles. The summed E-state index contributed by atoms with van der Waals surface area (Å²) in [5.41, 5.74) is 2.24. The average Bonchev–Trinajstić information content (AvgIpc) is 3.11. The lowest BCUT2D eigenvalue weighted by Gasteiger charge is -2.28. The Balaban J connectivity index is 1.52.